The van der Waals surface area contributed by atoms with Gasteiger partial charge in [-0.05, 0) is 50.1 Å². The van der Waals surface area contributed by atoms with Crippen LogP contribution in [0.25, 0.3) is 0 Å². The number of likely N-dealkylation sites (tertiary alicyclic amines) is 1. The molecule has 0 saturated carbocycles. The van der Waals surface area contributed by atoms with Crippen molar-refractivity contribution in [1.29, 1.82) is 0 Å². The molecule has 1 atom stereocenters. The molecule has 1 amide bonds. The van der Waals surface area contributed by atoms with E-state index in [-0.39, 0.29) is 17.6 Å². The number of nitrogens with zero attached hydrogens (tertiary/aromatic N) is 2. The minimum atomic E-state index is -0.0870. The van der Waals surface area contributed by atoms with Crippen molar-refractivity contribution in [3.05, 3.63) is 63.1 Å². The largest absolute Gasteiger partial charge is 0.488 e. The molecule has 2 heterocycles. The van der Waals surface area contributed by atoms with Crippen LogP contribution in [-0.2, 0) is 7.05 Å². The molecule has 1 aromatic heterocycles. The highest BCUT2D eigenvalue weighted by Gasteiger charge is 2.28. The van der Waals surface area contributed by atoms with Gasteiger partial charge in [0.2, 0.25) is 0 Å². The summed E-state index contributed by atoms with van der Waals surface area (Å²) in [5.41, 5.74) is 3.78. The van der Waals surface area contributed by atoms with E-state index in [9.17, 15) is 9.59 Å². The van der Waals surface area contributed by atoms with E-state index in [0.29, 0.717) is 24.4 Å². The molecule has 1 aliphatic heterocycles. The number of hydrogen-bond acceptors (Lipinski definition) is 3. The molecule has 5 nitrogen and oxygen atoms in total. The summed E-state index contributed by atoms with van der Waals surface area (Å²) in [6.45, 7) is 7.13. The fourth-order valence-corrected chi connectivity index (χ4v) is 3.06. The van der Waals surface area contributed by atoms with Crippen LogP contribution in [0.1, 0.15) is 33.6 Å². The number of ether oxygens (including phenoxy) is 1. The Bertz CT molecular complexity index is 870. The number of amides is 1. The molecule has 3 rings (SSSR count). The highest BCUT2D eigenvalue weighted by atomic mass is 16.5. The van der Waals surface area contributed by atoms with Gasteiger partial charge in [0, 0.05) is 37.3 Å². The SMILES string of the molecule is Cc1ccc(C(=O)N2CCC(Oc3cc(C)n(C)c(=O)c3)C2)cc1C. The van der Waals surface area contributed by atoms with Crippen molar-refractivity contribution in [2.75, 3.05) is 13.1 Å². The highest BCUT2D eigenvalue weighted by Crippen LogP contribution is 2.20. The molecule has 1 fully saturated rings. The van der Waals surface area contributed by atoms with Crippen molar-refractivity contribution in [2.45, 2.75) is 33.3 Å². The molecular formula is C20H24N2O3. The predicted molar refractivity (Wildman–Crippen MR) is 97.3 cm³/mol. The Hall–Kier alpha value is -2.56. The summed E-state index contributed by atoms with van der Waals surface area (Å²) in [5.74, 6) is 0.612. The standard InChI is InChI=1S/C20H24N2O3/c1-13-5-6-16(9-14(13)2)20(24)22-8-7-17(12-22)25-18-10-15(3)21(4)19(23)11-18/h5-6,9-11,17H,7-8,12H2,1-4H3. The monoisotopic (exact) mass is 340 g/mol. The van der Waals surface area contributed by atoms with E-state index in [1.807, 2.05) is 49.9 Å². The molecule has 132 valence electrons. The highest BCUT2D eigenvalue weighted by molar-refractivity contribution is 5.94. The smallest absolute Gasteiger partial charge is 0.254 e. The second-order valence-corrected chi connectivity index (χ2v) is 6.81. The van der Waals surface area contributed by atoms with Crippen LogP contribution in [0.3, 0.4) is 0 Å². The van der Waals surface area contributed by atoms with Crippen molar-refractivity contribution in [1.82, 2.24) is 9.47 Å². The molecule has 2 aromatic rings. The van der Waals surface area contributed by atoms with Crippen LogP contribution in [0.2, 0.25) is 0 Å². The maximum Gasteiger partial charge on any atom is 0.254 e. The Morgan fingerprint density at radius 3 is 2.56 bits per heavy atom. The second-order valence-electron chi connectivity index (χ2n) is 6.81. The molecule has 0 spiro atoms. The first-order valence-corrected chi connectivity index (χ1v) is 8.56. The van der Waals surface area contributed by atoms with Crippen LogP contribution >= 0.6 is 0 Å². The van der Waals surface area contributed by atoms with E-state index in [1.54, 1.807) is 11.6 Å². The first kappa shape index (κ1) is 17.3. The van der Waals surface area contributed by atoms with Crippen molar-refractivity contribution in [3.8, 4) is 5.75 Å². The number of pyridine rings is 1. The number of hydrogen-bond donors (Lipinski definition) is 0. The van der Waals surface area contributed by atoms with Gasteiger partial charge in [-0.2, -0.15) is 0 Å². The van der Waals surface area contributed by atoms with Crippen LogP contribution in [0, 0.1) is 20.8 Å². The zero-order valence-corrected chi connectivity index (χ0v) is 15.2. The minimum Gasteiger partial charge on any atom is -0.488 e. The van der Waals surface area contributed by atoms with E-state index in [2.05, 4.69) is 0 Å². The van der Waals surface area contributed by atoms with Gasteiger partial charge in [0.05, 0.1) is 6.54 Å². The summed E-state index contributed by atoms with van der Waals surface area (Å²) in [4.78, 5) is 26.4. The summed E-state index contributed by atoms with van der Waals surface area (Å²) in [6.07, 6.45) is 0.687. The molecule has 0 bridgehead atoms. The summed E-state index contributed by atoms with van der Waals surface area (Å²) >= 11 is 0. The van der Waals surface area contributed by atoms with Gasteiger partial charge in [0.15, 0.2) is 0 Å². The Morgan fingerprint density at radius 1 is 1.12 bits per heavy atom. The van der Waals surface area contributed by atoms with Crippen molar-refractivity contribution >= 4 is 5.91 Å². The van der Waals surface area contributed by atoms with Gasteiger partial charge in [-0.1, -0.05) is 6.07 Å². The first-order chi connectivity index (χ1) is 11.8. The minimum absolute atomic E-state index is 0.0364. The normalized spacial score (nSPS) is 17.0. The molecule has 1 saturated heterocycles. The van der Waals surface area contributed by atoms with Gasteiger partial charge >= 0.3 is 0 Å². The van der Waals surface area contributed by atoms with Crippen LogP contribution in [0.4, 0.5) is 0 Å². The molecule has 1 aromatic carbocycles. The van der Waals surface area contributed by atoms with E-state index in [0.717, 1.165) is 17.7 Å². The summed E-state index contributed by atoms with van der Waals surface area (Å²) in [5, 5.41) is 0. The lowest BCUT2D eigenvalue weighted by Crippen LogP contribution is -2.31. The van der Waals surface area contributed by atoms with Crippen molar-refractivity contribution in [2.24, 2.45) is 7.05 Å². The van der Waals surface area contributed by atoms with Crippen molar-refractivity contribution in [3.63, 3.8) is 0 Å². The van der Waals surface area contributed by atoms with Crippen molar-refractivity contribution < 1.29 is 9.53 Å². The number of benzene rings is 1. The fraction of sp³-hybridized carbons (Fsp3) is 0.400. The third-order valence-corrected chi connectivity index (χ3v) is 4.97. The molecule has 1 aliphatic rings. The average Bonchev–Trinajstić information content (AvgIpc) is 3.03. The molecule has 1 unspecified atom stereocenters. The Morgan fingerprint density at radius 2 is 1.88 bits per heavy atom. The van der Waals surface area contributed by atoms with Crippen LogP contribution < -0.4 is 10.3 Å². The van der Waals surface area contributed by atoms with Gasteiger partial charge < -0.3 is 14.2 Å². The van der Waals surface area contributed by atoms with Gasteiger partial charge in [-0.15, -0.1) is 0 Å². The third kappa shape index (κ3) is 3.60. The lowest BCUT2D eigenvalue weighted by atomic mass is 10.1. The Kier molecular flexibility index (Phi) is 4.66. The zero-order valence-electron chi connectivity index (χ0n) is 15.2. The predicted octanol–water partition coefficient (Wildman–Crippen LogP) is 2.60. The lowest BCUT2D eigenvalue weighted by molar-refractivity contribution is 0.0772. The van der Waals surface area contributed by atoms with Gasteiger partial charge in [-0.3, -0.25) is 9.59 Å². The van der Waals surface area contributed by atoms with E-state index in [1.165, 1.54) is 11.6 Å². The van der Waals surface area contributed by atoms with Gasteiger partial charge in [-0.25, -0.2) is 0 Å². The molecule has 0 aliphatic carbocycles. The van der Waals surface area contributed by atoms with Crippen LogP contribution in [-0.4, -0.2) is 34.6 Å². The Labute approximate surface area is 147 Å². The van der Waals surface area contributed by atoms with E-state index < -0.39 is 0 Å². The van der Waals surface area contributed by atoms with Gasteiger partial charge in [0.1, 0.15) is 11.9 Å². The molecule has 0 radical (unpaired) electrons. The third-order valence-electron chi connectivity index (χ3n) is 4.97. The second kappa shape index (κ2) is 6.75. The average molecular weight is 340 g/mol. The number of carbonyl (C=O) groups is 1. The number of carbonyl (C=O) groups excluding carboxylic acids is 1. The summed E-state index contributed by atoms with van der Waals surface area (Å²) < 4.78 is 7.52. The maximum absolute atomic E-state index is 12.7. The van der Waals surface area contributed by atoms with E-state index >= 15 is 0 Å². The number of aromatic nitrogens is 1. The molecule has 0 N–H and O–H groups in total. The van der Waals surface area contributed by atoms with Crippen LogP contribution in [0.5, 0.6) is 5.75 Å². The van der Waals surface area contributed by atoms with Crippen LogP contribution in [0.15, 0.2) is 35.1 Å². The Balaban J connectivity index is 1.68. The number of rotatable bonds is 3. The quantitative estimate of drug-likeness (QED) is 0.863. The maximum atomic E-state index is 12.7. The molecular weight excluding hydrogens is 316 g/mol. The lowest BCUT2D eigenvalue weighted by Gasteiger charge is -2.18. The topological polar surface area (TPSA) is 51.5 Å². The number of aryl methyl sites for hydroxylation is 3. The fourth-order valence-electron chi connectivity index (χ4n) is 3.06. The summed E-state index contributed by atoms with van der Waals surface area (Å²) in [6, 6.07) is 9.16. The summed E-state index contributed by atoms with van der Waals surface area (Å²) in [7, 11) is 1.74. The van der Waals surface area contributed by atoms with E-state index in [4.69, 9.17) is 4.74 Å². The van der Waals surface area contributed by atoms with Gasteiger partial charge in [0.25, 0.3) is 11.5 Å². The molecule has 5 heteroatoms. The first-order valence-electron chi connectivity index (χ1n) is 8.56. The molecule has 25 heavy (non-hydrogen) atoms. The zero-order chi connectivity index (χ0) is 18.1.